The van der Waals surface area contributed by atoms with Crippen LogP contribution < -0.4 is 9.62 Å². The number of aryl methyl sites for hydroxylation is 3. The molecule has 5 nitrogen and oxygen atoms in total. The molecule has 2 rings (SSSR count). The van der Waals surface area contributed by atoms with E-state index in [9.17, 15) is 13.2 Å². The summed E-state index contributed by atoms with van der Waals surface area (Å²) in [5.41, 5.74) is 4.53. The second-order valence-electron chi connectivity index (χ2n) is 6.59. The van der Waals surface area contributed by atoms with Gasteiger partial charge in [0.05, 0.1) is 11.9 Å². The molecule has 0 spiro atoms. The maximum atomic E-state index is 12.3. The average Bonchev–Trinajstić information content (AvgIpc) is 2.55. The molecule has 1 amide bonds. The molecule has 2 aromatic rings. The van der Waals surface area contributed by atoms with Crippen LogP contribution in [-0.4, -0.2) is 27.1 Å². The number of hydrogen-bond acceptors (Lipinski definition) is 3. The molecule has 0 aliphatic heterocycles. The van der Waals surface area contributed by atoms with Crippen LogP contribution in [0.15, 0.2) is 42.5 Å². The Kier molecular flexibility index (Phi) is 6.42. The molecule has 0 saturated heterocycles. The summed E-state index contributed by atoms with van der Waals surface area (Å²) in [5, 5.41) is 2.93. The monoisotopic (exact) mass is 374 g/mol. The van der Waals surface area contributed by atoms with Gasteiger partial charge < -0.3 is 5.32 Å². The van der Waals surface area contributed by atoms with E-state index in [4.69, 9.17) is 0 Å². The summed E-state index contributed by atoms with van der Waals surface area (Å²) >= 11 is 0. The zero-order chi connectivity index (χ0) is 19.3. The molecule has 1 N–H and O–H groups in total. The first kappa shape index (κ1) is 20.0. The van der Waals surface area contributed by atoms with E-state index >= 15 is 0 Å². The first-order valence-electron chi connectivity index (χ1n) is 8.59. The summed E-state index contributed by atoms with van der Waals surface area (Å²) in [4.78, 5) is 12.3. The van der Waals surface area contributed by atoms with Crippen LogP contribution in [0, 0.1) is 20.8 Å². The van der Waals surface area contributed by atoms with Crippen molar-refractivity contribution < 1.29 is 13.2 Å². The van der Waals surface area contributed by atoms with E-state index in [1.54, 1.807) is 12.1 Å². The number of carbonyl (C=O) groups excluding carboxylic acids is 1. The second kappa shape index (κ2) is 8.36. The largest absolute Gasteiger partial charge is 0.326 e. The molecule has 6 heteroatoms. The van der Waals surface area contributed by atoms with Gasteiger partial charge in [0, 0.05) is 18.7 Å². The van der Waals surface area contributed by atoms with Crippen LogP contribution in [-0.2, 0) is 14.8 Å². The Labute approximate surface area is 156 Å². The fourth-order valence-electron chi connectivity index (χ4n) is 2.79. The van der Waals surface area contributed by atoms with Gasteiger partial charge in [-0.2, -0.15) is 0 Å². The summed E-state index contributed by atoms with van der Waals surface area (Å²) in [6, 6.07) is 13.2. The Hall–Kier alpha value is -2.34. The third-order valence-corrected chi connectivity index (χ3v) is 5.43. The summed E-state index contributed by atoms with van der Waals surface area (Å²) in [6.07, 6.45) is 1.88. The molecule has 0 heterocycles. The van der Waals surface area contributed by atoms with Crippen LogP contribution in [0.3, 0.4) is 0 Å². The lowest BCUT2D eigenvalue weighted by Crippen LogP contribution is -2.31. The minimum Gasteiger partial charge on any atom is -0.326 e. The van der Waals surface area contributed by atoms with Gasteiger partial charge in [0.2, 0.25) is 15.9 Å². The van der Waals surface area contributed by atoms with E-state index in [0.717, 1.165) is 22.4 Å². The number of nitrogens with one attached hydrogen (secondary N) is 1. The minimum absolute atomic E-state index is 0.111. The van der Waals surface area contributed by atoms with Crippen molar-refractivity contribution >= 4 is 27.3 Å². The fraction of sp³-hybridized carbons (Fsp3) is 0.350. The molecule has 26 heavy (non-hydrogen) atoms. The van der Waals surface area contributed by atoms with Crippen molar-refractivity contribution in [2.24, 2.45) is 0 Å². The highest BCUT2D eigenvalue weighted by Crippen LogP contribution is 2.21. The molecular formula is C20H26N2O3S. The van der Waals surface area contributed by atoms with E-state index in [1.807, 2.05) is 51.1 Å². The Balaban J connectivity index is 1.99. The van der Waals surface area contributed by atoms with Crippen molar-refractivity contribution in [3.05, 3.63) is 59.2 Å². The molecule has 2 aromatic carbocycles. The molecule has 0 fully saturated rings. The number of hydrogen-bond donors (Lipinski definition) is 1. The van der Waals surface area contributed by atoms with Crippen LogP contribution in [0.5, 0.6) is 0 Å². The number of carbonyl (C=O) groups is 1. The van der Waals surface area contributed by atoms with E-state index in [-0.39, 0.29) is 18.9 Å². The standard InChI is InChI=1S/C20H26N2O3S/c1-15-10-12-18(13-11-15)22(26(4,24)25)14-6-9-19(23)21-20-16(2)7-5-8-17(20)3/h5,7-8,10-13H,6,9,14H2,1-4H3,(H,21,23). The van der Waals surface area contributed by atoms with Crippen LogP contribution >= 0.6 is 0 Å². The average molecular weight is 375 g/mol. The van der Waals surface area contributed by atoms with E-state index in [0.29, 0.717) is 12.1 Å². The lowest BCUT2D eigenvalue weighted by atomic mass is 10.1. The number of benzene rings is 2. The molecule has 0 aromatic heterocycles. The molecule has 0 radical (unpaired) electrons. The van der Waals surface area contributed by atoms with Crippen LogP contribution in [0.25, 0.3) is 0 Å². The Morgan fingerprint density at radius 2 is 1.58 bits per heavy atom. The third kappa shape index (κ3) is 5.33. The number of amides is 1. The molecular weight excluding hydrogens is 348 g/mol. The maximum Gasteiger partial charge on any atom is 0.232 e. The quantitative estimate of drug-likeness (QED) is 0.802. The van der Waals surface area contributed by atoms with Gasteiger partial charge in [-0.25, -0.2) is 8.42 Å². The molecule has 0 atom stereocenters. The Bertz CT molecular complexity index is 854. The predicted octanol–water partition coefficient (Wildman–Crippen LogP) is 3.80. The van der Waals surface area contributed by atoms with Crippen molar-refractivity contribution in [3.8, 4) is 0 Å². The number of rotatable bonds is 7. The minimum atomic E-state index is -3.40. The van der Waals surface area contributed by atoms with Gasteiger partial charge in [0.15, 0.2) is 0 Å². The number of para-hydroxylation sites is 1. The van der Waals surface area contributed by atoms with Crippen molar-refractivity contribution in [1.82, 2.24) is 0 Å². The van der Waals surface area contributed by atoms with Crippen molar-refractivity contribution in [1.29, 1.82) is 0 Å². The highest BCUT2D eigenvalue weighted by Gasteiger charge is 2.17. The molecule has 140 valence electrons. The summed E-state index contributed by atoms with van der Waals surface area (Å²) in [6.45, 7) is 6.12. The Morgan fingerprint density at radius 1 is 1.00 bits per heavy atom. The van der Waals surface area contributed by atoms with Gasteiger partial charge >= 0.3 is 0 Å². The van der Waals surface area contributed by atoms with Crippen LogP contribution in [0.2, 0.25) is 0 Å². The zero-order valence-electron chi connectivity index (χ0n) is 15.7. The first-order chi connectivity index (χ1) is 12.2. The fourth-order valence-corrected chi connectivity index (χ4v) is 3.76. The van der Waals surface area contributed by atoms with Gasteiger partial charge in [-0.05, 0) is 50.5 Å². The topological polar surface area (TPSA) is 66.5 Å². The van der Waals surface area contributed by atoms with Crippen molar-refractivity contribution in [3.63, 3.8) is 0 Å². The Morgan fingerprint density at radius 3 is 2.12 bits per heavy atom. The van der Waals surface area contributed by atoms with Crippen LogP contribution in [0.1, 0.15) is 29.5 Å². The van der Waals surface area contributed by atoms with Gasteiger partial charge in [-0.3, -0.25) is 9.10 Å². The van der Waals surface area contributed by atoms with E-state index in [1.165, 1.54) is 10.6 Å². The second-order valence-corrected chi connectivity index (χ2v) is 8.50. The molecule has 0 aliphatic carbocycles. The first-order valence-corrected chi connectivity index (χ1v) is 10.4. The molecule has 0 bridgehead atoms. The molecule has 0 unspecified atom stereocenters. The smallest absolute Gasteiger partial charge is 0.232 e. The molecule has 0 aliphatic rings. The normalized spacial score (nSPS) is 11.2. The number of anilines is 2. The third-order valence-electron chi connectivity index (χ3n) is 4.23. The van der Waals surface area contributed by atoms with Gasteiger partial charge in [-0.15, -0.1) is 0 Å². The van der Waals surface area contributed by atoms with E-state index in [2.05, 4.69) is 5.32 Å². The summed E-state index contributed by atoms with van der Waals surface area (Å²) < 4.78 is 25.5. The van der Waals surface area contributed by atoms with Gasteiger partial charge in [0.25, 0.3) is 0 Å². The maximum absolute atomic E-state index is 12.3. The summed E-state index contributed by atoms with van der Waals surface area (Å²) in [5.74, 6) is -0.111. The van der Waals surface area contributed by atoms with Crippen molar-refractivity contribution in [2.75, 3.05) is 22.4 Å². The molecule has 0 saturated carbocycles. The number of sulfonamides is 1. The van der Waals surface area contributed by atoms with Gasteiger partial charge in [-0.1, -0.05) is 35.9 Å². The number of nitrogens with zero attached hydrogens (tertiary/aromatic N) is 1. The summed E-state index contributed by atoms with van der Waals surface area (Å²) in [7, 11) is -3.40. The predicted molar refractivity (Wildman–Crippen MR) is 107 cm³/mol. The highest BCUT2D eigenvalue weighted by molar-refractivity contribution is 7.92. The van der Waals surface area contributed by atoms with Crippen LogP contribution in [0.4, 0.5) is 11.4 Å². The lowest BCUT2D eigenvalue weighted by molar-refractivity contribution is -0.116. The zero-order valence-corrected chi connectivity index (χ0v) is 16.6. The highest BCUT2D eigenvalue weighted by atomic mass is 32.2. The lowest BCUT2D eigenvalue weighted by Gasteiger charge is -2.22. The SMILES string of the molecule is Cc1ccc(N(CCCC(=O)Nc2c(C)cccc2C)S(C)(=O)=O)cc1. The van der Waals surface area contributed by atoms with Crippen molar-refractivity contribution in [2.45, 2.75) is 33.6 Å². The van der Waals surface area contributed by atoms with E-state index < -0.39 is 10.0 Å². The van der Waals surface area contributed by atoms with Gasteiger partial charge in [0.1, 0.15) is 0 Å².